The molecule has 0 aliphatic carbocycles. The highest BCUT2D eigenvalue weighted by Crippen LogP contribution is 2.13. The third-order valence-electron chi connectivity index (χ3n) is 2.09. The number of nitrogens with one attached hydrogen (secondary N) is 2. The molecule has 92 valence electrons. The first-order chi connectivity index (χ1) is 8.78. The van der Waals surface area contributed by atoms with Crippen LogP contribution in [0.3, 0.4) is 0 Å². The highest BCUT2D eigenvalue weighted by molar-refractivity contribution is 5.53. The van der Waals surface area contributed by atoms with Crippen molar-refractivity contribution in [2.45, 2.75) is 0 Å². The Bertz CT molecular complexity index is 526. The lowest BCUT2D eigenvalue weighted by atomic mass is 10.3. The highest BCUT2D eigenvalue weighted by Gasteiger charge is 2.00. The Morgan fingerprint density at radius 3 is 2.78 bits per heavy atom. The van der Waals surface area contributed by atoms with Gasteiger partial charge in [-0.3, -0.25) is 0 Å². The molecule has 0 spiro atoms. The molecule has 0 bridgehead atoms. The van der Waals surface area contributed by atoms with Gasteiger partial charge < -0.3 is 10.6 Å². The quantitative estimate of drug-likeness (QED) is 0.792. The van der Waals surface area contributed by atoms with Gasteiger partial charge in [0.25, 0.3) is 0 Å². The molecular formula is C12H12FN5. The summed E-state index contributed by atoms with van der Waals surface area (Å²) in [6.45, 7) is 4.19. The van der Waals surface area contributed by atoms with E-state index in [9.17, 15) is 4.39 Å². The van der Waals surface area contributed by atoms with E-state index in [0.717, 1.165) is 0 Å². The SMILES string of the molecule is C=CCNc1cnnc(Nc2ccc(F)cc2)n1. The fourth-order valence-corrected chi connectivity index (χ4v) is 1.28. The summed E-state index contributed by atoms with van der Waals surface area (Å²) in [6.07, 6.45) is 3.23. The maximum absolute atomic E-state index is 12.7. The largest absolute Gasteiger partial charge is 0.365 e. The molecule has 18 heavy (non-hydrogen) atoms. The van der Waals surface area contributed by atoms with Crippen molar-refractivity contribution in [2.75, 3.05) is 17.2 Å². The van der Waals surface area contributed by atoms with Crippen LogP contribution in [0.1, 0.15) is 0 Å². The van der Waals surface area contributed by atoms with E-state index in [2.05, 4.69) is 32.4 Å². The lowest BCUT2D eigenvalue weighted by Crippen LogP contribution is -2.05. The molecule has 0 radical (unpaired) electrons. The first-order valence-electron chi connectivity index (χ1n) is 5.35. The highest BCUT2D eigenvalue weighted by atomic mass is 19.1. The summed E-state index contributed by atoms with van der Waals surface area (Å²) >= 11 is 0. The van der Waals surface area contributed by atoms with Crippen molar-refractivity contribution < 1.29 is 4.39 Å². The zero-order chi connectivity index (χ0) is 12.8. The first-order valence-corrected chi connectivity index (χ1v) is 5.35. The van der Waals surface area contributed by atoms with Gasteiger partial charge in [-0.1, -0.05) is 6.08 Å². The van der Waals surface area contributed by atoms with Crippen LogP contribution in [0.2, 0.25) is 0 Å². The number of rotatable bonds is 5. The molecule has 1 aromatic heterocycles. The van der Waals surface area contributed by atoms with Crippen LogP contribution in [0.25, 0.3) is 0 Å². The van der Waals surface area contributed by atoms with E-state index >= 15 is 0 Å². The standard InChI is InChI=1S/C12H12FN5/c1-2-7-14-11-8-15-18-12(17-11)16-10-5-3-9(13)4-6-10/h2-6,8H,1,7H2,(H2,14,16,17,18). The van der Waals surface area contributed by atoms with Crippen molar-refractivity contribution in [3.8, 4) is 0 Å². The second-order valence-electron chi connectivity index (χ2n) is 3.47. The molecule has 0 saturated heterocycles. The predicted octanol–water partition coefficient (Wildman–Crippen LogP) is 2.35. The normalized spacial score (nSPS) is 9.83. The minimum Gasteiger partial charge on any atom is -0.365 e. The van der Waals surface area contributed by atoms with E-state index in [1.165, 1.54) is 18.3 Å². The minimum absolute atomic E-state index is 0.291. The van der Waals surface area contributed by atoms with Crippen molar-refractivity contribution in [3.63, 3.8) is 0 Å². The zero-order valence-corrected chi connectivity index (χ0v) is 9.60. The van der Waals surface area contributed by atoms with Gasteiger partial charge in [0.15, 0.2) is 5.82 Å². The molecule has 2 aromatic rings. The Morgan fingerprint density at radius 2 is 2.06 bits per heavy atom. The number of hydrogen-bond donors (Lipinski definition) is 2. The maximum atomic E-state index is 12.7. The topological polar surface area (TPSA) is 62.7 Å². The Morgan fingerprint density at radius 1 is 1.28 bits per heavy atom. The number of benzene rings is 1. The summed E-state index contributed by atoms with van der Waals surface area (Å²) in [4.78, 5) is 4.19. The van der Waals surface area contributed by atoms with Crippen LogP contribution in [0.15, 0.2) is 43.1 Å². The monoisotopic (exact) mass is 245 g/mol. The van der Waals surface area contributed by atoms with Crippen molar-refractivity contribution in [2.24, 2.45) is 0 Å². The van der Waals surface area contributed by atoms with E-state index in [-0.39, 0.29) is 5.82 Å². The molecule has 6 heteroatoms. The van der Waals surface area contributed by atoms with Crippen molar-refractivity contribution in [1.29, 1.82) is 0 Å². The molecule has 0 amide bonds. The number of halogens is 1. The molecule has 0 aliphatic heterocycles. The smallest absolute Gasteiger partial charge is 0.249 e. The minimum atomic E-state index is -0.291. The average molecular weight is 245 g/mol. The third-order valence-corrected chi connectivity index (χ3v) is 2.09. The molecule has 0 fully saturated rings. The van der Waals surface area contributed by atoms with Crippen LogP contribution in [0.5, 0.6) is 0 Å². The van der Waals surface area contributed by atoms with E-state index in [0.29, 0.717) is 24.0 Å². The van der Waals surface area contributed by atoms with E-state index in [4.69, 9.17) is 0 Å². The fourth-order valence-electron chi connectivity index (χ4n) is 1.28. The third kappa shape index (κ3) is 3.24. The average Bonchev–Trinajstić information content (AvgIpc) is 2.40. The van der Waals surface area contributed by atoms with Gasteiger partial charge in [-0.25, -0.2) is 4.39 Å². The van der Waals surface area contributed by atoms with Gasteiger partial charge in [-0.15, -0.1) is 11.7 Å². The van der Waals surface area contributed by atoms with Crippen molar-refractivity contribution in [1.82, 2.24) is 15.2 Å². The summed E-state index contributed by atoms with van der Waals surface area (Å²) in [5, 5.41) is 13.6. The van der Waals surface area contributed by atoms with Crippen LogP contribution in [-0.2, 0) is 0 Å². The first kappa shape index (κ1) is 12.0. The van der Waals surface area contributed by atoms with Gasteiger partial charge in [-0.2, -0.15) is 10.1 Å². The van der Waals surface area contributed by atoms with E-state index in [1.807, 2.05) is 0 Å². The summed E-state index contributed by atoms with van der Waals surface area (Å²) in [5.74, 6) is 0.645. The second-order valence-corrected chi connectivity index (χ2v) is 3.47. The fraction of sp³-hybridized carbons (Fsp3) is 0.0833. The number of nitrogens with zero attached hydrogens (tertiary/aromatic N) is 3. The van der Waals surface area contributed by atoms with Crippen LogP contribution >= 0.6 is 0 Å². The Balaban J connectivity index is 2.08. The zero-order valence-electron chi connectivity index (χ0n) is 9.60. The molecule has 2 N–H and O–H groups in total. The molecule has 1 aromatic carbocycles. The molecule has 0 unspecified atom stereocenters. The lowest BCUT2D eigenvalue weighted by Gasteiger charge is -2.06. The number of aromatic nitrogens is 3. The molecule has 2 rings (SSSR count). The van der Waals surface area contributed by atoms with Gasteiger partial charge in [-0.05, 0) is 24.3 Å². The molecule has 0 atom stereocenters. The second kappa shape index (κ2) is 5.72. The molecule has 1 heterocycles. The molecule has 5 nitrogen and oxygen atoms in total. The summed E-state index contributed by atoms with van der Waals surface area (Å²) in [7, 11) is 0. The number of hydrogen-bond acceptors (Lipinski definition) is 5. The lowest BCUT2D eigenvalue weighted by molar-refractivity contribution is 0.628. The van der Waals surface area contributed by atoms with Gasteiger partial charge >= 0.3 is 0 Å². The van der Waals surface area contributed by atoms with Crippen LogP contribution in [0.4, 0.5) is 21.8 Å². The summed E-state index contributed by atoms with van der Waals surface area (Å²) in [5.41, 5.74) is 0.694. The van der Waals surface area contributed by atoms with E-state index < -0.39 is 0 Å². The van der Waals surface area contributed by atoms with Gasteiger partial charge in [0.05, 0.1) is 6.20 Å². The summed E-state index contributed by atoms with van der Waals surface area (Å²) in [6, 6.07) is 5.91. The number of anilines is 3. The van der Waals surface area contributed by atoms with Crippen LogP contribution in [-0.4, -0.2) is 21.7 Å². The Hall–Kier alpha value is -2.50. The van der Waals surface area contributed by atoms with Crippen LogP contribution in [0, 0.1) is 5.82 Å². The van der Waals surface area contributed by atoms with Gasteiger partial charge in [0.2, 0.25) is 5.95 Å². The molecule has 0 aliphatic rings. The summed E-state index contributed by atoms with van der Waals surface area (Å²) < 4.78 is 12.7. The van der Waals surface area contributed by atoms with Gasteiger partial charge in [0.1, 0.15) is 5.82 Å². The predicted molar refractivity (Wildman–Crippen MR) is 68.2 cm³/mol. The van der Waals surface area contributed by atoms with Crippen LogP contribution < -0.4 is 10.6 Å². The molecule has 0 saturated carbocycles. The van der Waals surface area contributed by atoms with E-state index in [1.54, 1.807) is 18.2 Å². The Kier molecular flexibility index (Phi) is 3.80. The van der Waals surface area contributed by atoms with Crippen molar-refractivity contribution >= 4 is 17.5 Å². The molecular weight excluding hydrogens is 233 g/mol. The van der Waals surface area contributed by atoms with Gasteiger partial charge in [0, 0.05) is 12.2 Å². The Labute approximate surface area is 104 Å². The van der Waals surface area contributed by atoms with Crippen molar-refractivity contribution in [3.05, 3.63) is 48.9 Å². The maximum Gasteiger partial charge on any atom is 0.249 e.